The lowest BCUT2D eigenvalue weighted by Gasteiger charge is -2.27. The number of halogens is 1. The van der Waals surface area contributed by atoms with Crippen LogP contribution in [0.1, 0.15) is 30.6 Å². The topological polar surface area (TPSA) is 86.4 Å². The van der Waals surface area contributed by atoms with Crippen LogP contribution in [0.2, 0.25) is 6.32 Å². The van der Waals surface area contributed by atoms with Crippen molar-refractivity contribution in [3.8, 4) is 17.1 Å². The van der Waals surface area contributed by atoms with E-state index in [-0.39, 0.29) is 11.9 Å². The summed E-state index contributed by atoms with van der Waals surface area (Å²) in [5.41, 5.74) is 2.39. The van der Waals surface area contributed by atoms with E-state index in [1.807, 2.05) is 39.3 Å². The molecule has 0 unspecified atom stereocenters. The molecule has 1 heterocycles. The summed E-state index contributed by atoms with van der Waals surface area (Å²) in [4.78, 5) is 14.2. The highest BCUT2D eigenvalue weighted by Gasteiger charge is 2.22. The van der Waals surface area contributed by atoms with Gasteiger partial charge in [-0.15, -0.1) is 0 Å². The molecule has 35 heavy (non-hydrogen) atoms. The van der Waals surface area contributed by atoms with Gasteiger partial charge in [0.25, 0.3) is 0 Å². The van der Waals surface area contributed by atoms with E-state index < -0.39 is 7.12 Å². The Bertz CT molecular complexity index is 1120. The number of nitrogens with zero attached hydrogens (tertiary/aromatic N) is 2. The van der Waals surface area contributed by atoms with Crippen LogP contribution in [0.15, 0.2) is 40.8 Å². The molecule has 0 aliphatic heterocycles. The molecule has 0 radical (unpaired) electrons. The van der Waals surface area contributed by atoms with Gasteiger partial charge in [-0.25, -0.2) is 4.39 Å². The second kappa shape index (κ2) is 12.4. The van der Waals surface area contributed by atoms with Gasteiger partial charge in [0.1, 0.15) is 22.9 Å². The fourth-order valence-electron chi connectivity index (χ4n) is 3.83. The largest absolute Gasteiger partial charge is 0.489 e. The summed E-state index contributed by atoms with van der Waals surface area (Å²) in [6.07, 6.45) is 3.69. The van der Waals surface area contributed by atoms with Crippen LogP contribution in [-0.4, -0.2) is 67.4 Å². The van der Waals surface area contributed by atoms with E-state index in [1.165, 1.54) is 12.1 Å². The van der Waals surface area contributed by atoms with Crippen LogP contribution in [-0.2, 0) is 0 Å². The highest BCUT2D eigenvalue weighted by Crippen LogP contribution is 2.41. The maximum absolute atomic E-state index is 13.4. The van der Waals surface area contributed by atoms with Crippen molar-refractivity contribution in [2.75, 3.05) is 37.2 Å². The van der Waals surface area contributed by atoms with E-state index in [9.17, 15) is 9.18 Å². The Balaban J connectivity index is 1.95. The van der Waals surface area contributed by atoms with Crippen molar-refractivity contribution >= 4 is 42.0 Å². The normalized spacial score (nSPS) is 11.5. The summed E-state index contributed by atoms with van der Waals surface area (Å²) in [6, 6.07) is 9.57. The Kier molecular flexibility index (Phi) is 9.62. The number of carbonyl (C=O) groups excluding carboxylic acids is 1. The molecule has 0 saturated heterocycles. The molecule has 10 heteroatoms. The average molecular weight is 502 g/mol. The first kappa shape index (κ1) is 27.1. The molecule has 0 spiro atoms. The van der Waals surface area contributed by atoms with Crippen LogP contribution in [0.5, 0.6) is 5.75 Å². The predicted octanol–water partition coefficient (Wildman–Crippen LogP) is 4.72. The molecule has 0 aliphatic rings. The van der Waals surface area contributed by atoms with Crippen molar-refractivity contribution in [2.24, 2.45) is 0 Å². The molecule has 0 amide bonds. The summed E-state index contributed by atoms with van der Waals surface area (Å²) < 4.78 is 27.8. The van der Waals surface area contributed by atoms with Gasteiger partial charge < -0.3 is 28.4 Å². The zero-order valence-electron chi connectivity index (χ0n) is 20.5. The zero-order chi connectivity index (χ0) is 25.5. The van der Waals surface area contributed by atoms with Gasteiger partial charge in [0.05, 0.1) is 17.4 Å². The average Bonchev–Trinajstić information content (AvgIpc) is 3.16. The number of hydrogen-bond donors (Lipinski definition) is 2. The zero-order valence-corrected chi connectivity index (χ0v) is 21.3. The Morgan fingerprint density at radius 2 is 1.89 bits per heavy atom. The lowest BCUT2D eigenvalue weighted by atomic mass is 9.84. The third-order valence-corrected chi connectivity index (χ3v) is 6.39. The van der Waals surface area contributed by atoms with Crippen LogP contribution >= 0.6 is 11.9 Å². The van der Waals surface area contributed by atoms with Gasteiger partial charge in [-0.2, -0.15) is 0 Å². The summed E-state index contributed by atoms with van der Waals surface area (Å²) >= 11 is 1.55. The smallest absolute Gasteiger partial charge is 0.451 e. The minimum atomic E-state index is -1.28. The number of aldehydes is 1. The Labute approximate surface area is 210 Å². The van der Waals surface area contributed by atoms with Crippen LogP contribution in [0.4, 0.5) is 10.1 Å². The Morgan fingerprint density at radius 3 is 2.49 bits per heavy atom. The number of ether oxygens (including phenoxy) is 1. The molecular formula is C25H32BFN2O5S. The van der Waals surface area contributed by atoms with E-state index in [0.29, 0.717) is 52.9 Å². The lowest BCUT2D eigenvalue weighted by Crippen LogP contribution is -2.30. The molecule has 2 aromatic carbocycles. The van der Waals surface area contributed by atoms with E-state index in [4.69, 9.17) is 19.2 Å². The van der Waals surface area contributed by atoms with Crippen molar-refractivity contribution in [1.82, 2.24) is 4.90 Å². The molecule has 7 nitrogen and oxygen atoms in total. The van der Waals surface area contributed by atoms with Crippen molar-refractivity contribution in [3.05, 3.63) is 47.8 Å². The van der Waals surface area contributed by atoms with Crippen LogP contribution in [0, 0.1) is 5.82 Å². The van der Waals surface area contributed by atoms with Crippen LogP contribution < -0.4 is 9.04 Å². The van der Waals surface area contributed by atoms with E-state index in [1.54, 1.807) is 24.1 Å². The molecule has 2 N–H and O–H groups in total. The van der Waals surface area contributed by atoms with Gasteiger partial charge in [0.15, 0.2) is 6.29 Å². The molecule has 188 valence electrons. The molecule has 0 saturated carbocycles. The molecule has 1 aromatic heterocycles. The second-order valence-electron chi connectivity index (χ2n) is 8.66. The summed E-state index contributed by atoms with van der Waals surface area (Å²) in [7, 11) is 0.715. The molecule has 3 aromatic rings. The molecule has 3 rings (SSSR count). The Morgan fingerprint density at radius 1 is 1.17 bits per heavy atom. The van der Waals surface area contributed by atoms with Gasteiger partial charge in [0, 0.05) is 36.4 Å². The number of rotatable bonds is 13. The van der Waals surface area contributed by atoms with E-state index in [0.717, 1.165) is 25.1 Å². The second-order valence-corrected chi connectivity index (χ2v) is 9.47. The molecule has 0 bridgehead atoms. The van der Waals surface area contributed by atoms with Crippen LogP contribution in [0.3, 0.4) is 0 Å². The van der Waals surface area contributed by atoms with Crippen molar-refractivity contribution in [3.63, 3.8) is 0 Å². The molecular weight excluding hydrogens is 470 g/mol. The molecule has 0 fully saturated rings. The van der Waals surface area contributed by atoms with Crippen molar-refractivity contribution in [2.45, 2.75) is 32.7 Å². The van der Waals surface area contributed by atoms with Gasteiger partial charge >= 0.3 is 7.12 Å². The van der Waals surface area contributed by atoms with Crippen molar-refractivity contribution < 1.29 is 28.4 Å². The Hall–Kier alpha value is -2.53. The summed E-state index contributed by atoms with van der Waals surface area (Å²) in [6.45, 7) is 6.07. The minimum Gasteiger partial charge on any atom is -0.489 e. The fraction of sp³-hybridized carbons (Fsp3) is 0.400. The standard InChI is InChI=1S/C25H32BFN2O5S/c1-17(2)33-24-14-20-21(16-30)25(18-6-8-19(27)9-7-18)34-23(20)15-22(24)29(35-4)13-12-28(3)11-5-10-26(31)32/h6-9,14-17,31-32H,5,10-13H2,1-4H3. The third-order valence-electron chi connectivity index (χ3n) is 5.57. The first-order chi connectivity index (χ1) is 16.7. The number of anilines is 1. The maximum Gasteiger partial charge on any atom is 0.451 e. The third kappa shape index (κ3) is 7.01. The quantitative estimate of drug-likeness (QED) is 0.197. The highest BCUT2D eigenvalue weighted by molar-refractivity contribution is 8.00. The van der Waals surface area contributed by atoms with Gasteiger partial charge in [0.2, 0.25) is 0 Å². The predicted molar refractivity (Wildman–Crippen MR) is 141 cm³/mol. The van der Waals surface area contributed by atoms with E-state index >= 15 is 0 Å². The number of fused-ring (bicyclic) bond motifs is 1. The molecule has 0 aliphatic carbocycles. The minimum absolute atomic E-state index is 0.0781. The summed E-state index contributed by atoms with van der Waals surface area (Å²) in [5.74, 6) is 0.673. The molecule has 0 atom stereocenters. The number of benzene rings is 2. The van der Waals surface area contributed by atoms with E-state index in [2.05, 4.69) is 9.21 Å². The first-order valence-electron chi connectivity index (χ1n) is 11.6. The number of hydrogen-bond acceptors (Lipinski definition) is 8. The van der Waals surface area contributed by atoms with Gasteiger partial charge in [-0.3, -0.25) is 4.79 Å². The number of likely N-dealkylation sites (N-methyl/N-ethyl adjacent to an activating group) is 1. The van der Waals surface area contributed by atoms with Crippen molar-refractivity contribution in [1.29, 1.82) is 0 Å². The fourth-order valence-corrected chi connectivity index (χ4v) is 4.44. The summed E-state index contributed by atoms with van der Waals surface area (Å²) in [5, 5.41) is 18.7. The first-order valence-corrected chi connectivity index (χ1v) is 12.8. The monoisotopic (exact) mass is 502 g/mol. The van der Waals surface area contributed by atoms with Crippen LogP contribution in [0.25, 0.3) is 22.3 Å². The lowest BCUT2D eigenvalue weighted by molar-refractivity contribution is 0.112. The highest BCUT2D eigenvalue weighted by atomic mass is 32.2. The maximum atomic E-state index is 13.4. The number of furan rings is 1. The van der Waals surface area contributed by atoms with Gasteiger partial charge in [-0.05, 0) is 70.5 Å². The number of carbonyl (C=O) groups is 1. The van der Waals surface area contributed by atoms with Gasteiger partial charge in [-0.1, -0.05) is 11.9 Å². The SMILES string of the molecule is CSN(CCN(C)CCCB(O)O)c1cc2oc(-c3ccc(F)cc3)c(C=O)c2cc1OC(C)C.